The van der Waals surface area contributed by atoms with E-state index in [0.717, 1.165) is 15.6 Å². The van der Waals surface area contributed by atoms with Crippen LogP contribution in [0.4, 0.5) is 5.69 Å². The van der Waals surface area contributed by atoms with Gasteiger partial charge in [-0.05, 0) is 48.9 Å². The minimum Gasteiger partial charge on any atom is -0.411 e. The van der Waals surface area contributed by atoms with Gasteiger partial charge in [0.1, 0.15) is 0 Å². The Morgan fingerprint density at radius 3 is 2.76 bits per heavy atom. The van der Waals surface area contributed by atoms with Crippen LogP contribution >= 0.6 is 39.3 Å². The van der Waals surface area contributed by atoms with E-state index in [1.165, 1.54) is 11.8 Å². The normalized spacial score (nSPS) is 10.7. The van der Waals surface area contributed by atoms with Gasteiger partial charge >= 0.3 is 0 Å². The van der Waals surface area contributed by atoms with E-state index >= 15 is 0 Å². The number of nitrogens with zero attached hydrogens (tertiary/aromatic N) is 2. The lowest BCUT2D eigenvalue weighted by Crippen LogP contribution is -2.14. The Bertz CT molecular complexity index is 899. The van der Waals surface area contributed by atoms with Crippen molar-refractivity contribution >= 4 is 50.9 Å². The van der Waals surface area contributed by atoms with Crippen molar-refractivity contribution < 1.29 is 9.21 Å². The van der Waals surface area contributed by atoms with Gasteiger partial charge in [0, 0.05) is 20.7 Å². The number of halogens is 2. The third-order valence-corrected chi connectivity index (χ3v) is 5.12. The molecule has 0 atom stereocenters. The van der Waals surface area contributed by atoms with Crippen molar-refractivity contribution in [3.63, 3.8) is 0 Å². The molecule has 5 nitrogen and oxygen atoms in total. The summed E-state index contributed by atoms with van der Waals surface area (Å²) in [7, 11) is 0. The third-order valence-electron chi connectivity index (χ3n) is 3.37. The molecule has 0 aliphatic heterocycles. The Balaban J connectivity index is 1.59. The Kier molecular flexibility index (Phi) is 5.78. The topological polar surface area (TPSA) is 68.0 Å². The molecule has 0 aliphatic carbocycles. The van der Waals surface area contributed by atoms with E-state index in [4.69, 9.17) is 16.0 Å². The van der Waals surface area contributed by atoms with Gasteiger partial charge in [0.15, 0.2) is 0 Å². The number of amides is 1. The third kappa shape index (κ3) is 4.62. The molecule has 0 fully saturated rings. The monoisotopic (exact) mass is 437 g/mol. The summed E-state index contributed by atoms with van der Waals surface area (Å²) in [5.74, 6) is 0.411. The minimum atomic E-state index is -0.168. The highest BCUT2D eigenvalue weighted by Gasteiger charge is 2.12. The zero-order valence-corrected chi connectivity index (χ0v) is 16.3. The van der Waals surface area contributed by atoms with Crippen LogP contribution in [-0.4, -0.2) is 21.9 Å². The van der Waals surface area contributed by atoms with E-state index in [2.05, 4.69) is 31.4 Å². The van der Waals surface area contributed by atoms with E-state index in [9.17, 15) is 4.79 Å². The first-order valence-electron chi connectivity index (χ1n) is 7.30. The molecule has 1 N–H and O–H groups in total. The lowest BCUT2D eigenvalue weighted by Gasteiger charge is -2.08. The van der Waals surface area contributed by atoms with Crippen LogP contribution in [-0.2, 0) is 4.79 Å². The molecule has 8 heteroatoms. The number of thioether (sulfide) groups is 1. The average Bonchev–Trinajstić information content (AvgIpc) is 3.07. The van der Waals surface area contributed by atoms with Crippen LogP contribution in [0.5, 0.6) is 0 Å². The first-order chi connectivity index (χ1) is 12.0. The number of carbonyl (C=O) groups is 1. The summed E-state index contributed by atoms with van der Waals surface area (Å²) in [6.07, 6.45) is 0. The van der Waals surface area contributed by atoms with Crippen molar-refractivity contribution in [3.8, 4) is 11.5 Å². The average molecular weight is 439 g/mol. The molecule has 0 saturated carbocycles. The van der Waals surface area contributed by atoms with Gasteiger partial charge in [-0.3, -0.25) is 4.79 Å². The van der Waals surface area contributed by atoms with Crippen molar-refractivity contribution in [2.75, 3.05) is 11.1 Å². The molecule has 0 bridgehead atoms. The minimum absolute atomic E-state index is 0.161. The van der Waals surface area contributed by atoms with E-state index in [1.54, 1.807) is 12.1 Å². The lowest BCUT2D eigenvalue weighted by molar-refractivity contribution is -0.113. The number of hydrogen-bond acceptors (Lipinski definition) is 5. The largest absolute Gasteiger partial charge is 0.411 e. The van der Waals surface area contributed by atoms with Crippen molar-refractivity contribution in [3.05, 3.63) is 57.5 Å². The van der Waals surface area contributed by atoms with Crippen LogP contribution in [0.15, 0.2) is 56.6 Å². The maximum atomic E-state index is 12.1. The number of aromatic nitrogens is 2. The van der Waals surface area contributed by atoms with Gasteiger partial charge in [0.2, 0.25) is 11.8 Å². The van der Waals surface area contributed by atoms with Crippen LogP contribution in [0.25, 0.3) is 11.5 Å². The molecule has 0 spiro atoms. The van der Waals surface area contributed by atoms with Crippen LogP contribution in [0, 0.1) is 6.92 Å². The number of nitrogens with one attached hydrogen (secondary N) is 1. The van der Waals surface area contributed by atoms with Crippen LogP contribution in [0.2, 0.25) is 5.02 Å². The second kappa shape index (κ2) is 8.03. The Hall–Kier alpha value is -1.83. The van der Waals surface area contributed by atoms with Crippen LogP contribution < -0.4 is 5.32 Å². The number of hydrogen-bond donors (Lipinski definition) is 1. The van der Waals surface area contributed by atoms with Crippen molar-refractivity contribution in [1.29, 1.82) is 0 Å². The van der Waals surface area contributed by atoms with Crippen molar-refractivity contribution in [2.45, 2.75) is 12.1 Å². The molecule has 0 radical (unpaired) electrons. The molecular formula is C17H13BrClN3O2S. The number of rotatable bonds is 5. The van der Waals surface area contributed by atoms with Crippen molar-refractivity contribution in [1.82, 2.24) is 10.2 Å². The van der Waals surface area contributed by atoms with Gasteiger partial charge in [0.05, 0.1) is 5.75 Å². The maximum Gasteiger partial charge on any atom is 0.277 e. The molecule has 25 heavy (non-hydrogen) atoms. The summed E-state index contributed by atoms with van der Waals surface area (Å²) in [5, 5.41) is 11.7. The van der Waals surface area contributed by atoms with Gasteiger partial charge in [-0.2, -0.15) is 0 Å². The molecule has 0 saturated heterocycles. The Morgan fingerprint density at radius 2 is 2.00 bits per heavy atom. The highest BCUT2D eigenvalue weighted by atomic mass is 79.9. The fourth-order valence-corrected chi connectivity index (χ4v) is 3.04. The molecule has 3 rings (SSSR count). The Morgan fingerprint density at radius 1 is 1.24 bits per heavy atom. The summed E-state index contributed by atoms with van der Waals surface area (Å²) in [6, 6.07) is 12.9. The van der Waals surface area contributed by atoms with E-state index in [0.29, 0.717) is 21.8 Å². The van der Waals surface area contributed by atoms with E-state index in [-0.39, 0.29) is 11.7 Å². The van der Waals surface area contributed by atoms with Gasteiger partial charge in [-0.25, -0.2) is 0 Å². The van der Waals surface area contributed by atoms with Gasteiger partial charge < -0.3 is 9.73 Å². The van der Waals surface area contributed by atoms with Gasteiger partial charge in [-0.1, -0.05) is 45.4 Å². The SMILES string of the molecule is Cc1c(Cl)cccc1NC(=O)CSc1nnc(-c2ccc(Br)cc2)o1. The van der Waals surface area contributed by atoms with Crippen LogP contribution in [0.3, 0.4) is 0 Å². The number of anilines is 1. The maximum absolute atomic E-state index is 12.1. The Labute approximate surface area is 162 Å². The zero-order valence-electron chi connectivity index (χ0n) is 13.1. The molecule has 1 aromatic heterocycles. The zero-order chi connectivity index (χ0) is 17.8. The molecule has 2 aromatic carbocycles. The second-order valence-corrected chi connectivity index (χ2v) is 7.38. The molecular weight excluding hydrogens is 426 g/mol. The fraction of sp³-hybridized carbons (Fsp3) is 0.118. The summed E-state index contributed by atoms with van der Waals surface area (Å²) >= 11 is 10.6. The summed E-state index contributed by atoms with van der Waals surface area (Å²) < 4.78 is 6.55. The molecule has 3 aromatic rings. The smallest absolute Gasteiger partial charge is 0.277 e. The number of benzene rings is 2. The molecule has 1 heterocycles. The fourth-order valence-electron chi connectivity index (χ4n) is 2.03. The highest BCUT2D eigenvalue weighted by Crippen LogP contribution is 2.26. The number of carbonyl (C=O) groups excluding carboxylic acids is 1. The predicted octanol–water partition coefficient (Wildman–Crippen LogP) is 5.19. The van der Waals surface area contributed by atoms with Crippen LogP contribution in [0.1, 0.15) is 5.56 Å². The molecule has 0 unspecified atom stereocenters. The summed E-state index contributed by atoms with van der Waals surface area (Å²) in [4.78, 5) is 12.1. The van der Waals surface area contributed by atoms with Crippen molar-refractivity contribution in [2.24, 2.45) is 0 Å². The standard InChI is InChI=1S/C17H13BrClN3O2S/c1-10-13(19)3-2-4-14(10)20-15(23)9-25-17-22-21-16(24-17)11-5-7-12(18)8-6-11/h2-8H,9H2,1H3,(H,20,23). The molecule has 1 amide bonds. The van der Waals surface area contributed by atoms with Gasteiger partial charge in [-0.15, -0.1) is 10.2 Å². The predicted molar refractivity (Wildman–Crippen MR) is 103 cm³/mol. The summed E-state index contributed by atoms with van der Waals surface area (Å²) in [6.45, 7) is 1.85. The second-order valence-electron chi connectivity index (χ2n) is 5.13. The first kappa shape index (κ1) is 18.0. The molecule has 128 valence electrons. The molecule has 0 aliphatic rings. The van der Waals surface area contributed by atoms with E-state index in [1.807, 2.05) is 37.3 Å². The van der Waals surface area contributed by atoms with Gasteiger partial charge in [0.25, 0.3) is 5.22 Å². The van der Waals surface area contributed by atoms with E-state index < -0.39 is 0 Å². The quantitative estimate of drug-likeness (QED) is 0.555. The lowest BCUT2D eigenvalue weighted by atomic mass is 10.2. The first-order valence-corrected chi connectivity index (χ1v) is 9.46. The highest BCUT2D eigenvalue weighted by molar-refractivity contribution is 9.10. The summed E-state index contributed by atoms with van der Waals surface area (Å²) in [5.41, 5.74) is 2.35.